The van der Waals surface area contributed by atoms with E-state index in [0.717, 1.165) is 5.56 Å². The van der Waals surface area contributed by atoms with Gasteiger partial charge >= 0.3 is 0 Å². The van der Waals surface area contributed by atoms with E-state index in [0.29, 0.717) is 23.2 Å². The highest BCUT2D eigenvalue weighted by Gasteiger charge is 2.15. The Morgan fingerprint density at radius 1 is 0.939 bits per heavy atom. The summed E-state index contributed by atoms with van der Waals surface area (Å²) < 4.78 is 11.7. The summed E-state index contributed by atoms with van der Waals surface area (Å²) in [6.07, 6.45) is 0.675. The molecular formula is C23H20BrN3O6. The maximum absolute atomic E-state index is 12.6. The van der Waals surface area contributed by atoms with E-state index in [2.05, 4.69) is 26.8 Å². The molecule has 0 aliphatic carbocycles. The monoisotopic (exact) mass is 513 g/mol. The molecule has 0 fully saturated rings. The summed E-state index contributed by atoms with van der Waals surface area (Å²) in [6.45, 7) is -0.0155. The number of ether oxygens (including phenoxy) is 2. The van der Waals surface area contributed by atoms with Gasteiger partial charge in [-0.15, -0.1) is 0 Å². The van der Waals surface area contributed by atoms with E-state index < -0.39 is 23.3 Å². The van der Waals surface area contributed by atoms with Crippen LogP contribution in [-0.4, -0.2) is 30.0 Å². The van der Waals surface area contributed by atoms with Gasteiger partial charge in [-0.3, -0.25) is 30.6 Å². The molecule has 0 unspecified atom stereocenters. The van der Waals surface area contributed by atoms with Gasteiger partial charge in [-0.1, -0.05) is 46.3 Å². The predicted molar refractivity (Wildman–Crippen MR) is 124 cm³/mol. The largest absolute Gasteiger partial charge is 0.492 e. The average molecular weight is 514 g/mol. The first-order chi connectivity index (χ1) is 15.9. The molecule has 0 atom stereocenters. The number of halogens is 1. The zero-order valence-corrected chi connectivity index (χ0v) is 18.9. The Morgan fingerprint density at radius 2 is 1.67 bits per heavy atom. The van der Waals surface area contributed by atoms with Crippen LogP contribution >= 0.6 is 15.9 Å². The van der Waals surface area contributed by atoms with Crippen LogP contribution in [0.15, 0.2) is 77.3 Å². The summed E-state index contributed by atoms with van der Waals surface area (Å²) >= 11 is 3.33. The molecule has 0 aliphatic rings. The first kappa shape index (κ1) is 23.7. The van der Waals surface area contributed by atoms with Gasteiger partial charge in [0.15, 0.2) is 6.61 Å². The number of non-ortho nitro benzene ring substituents is 1. The highest BCUT2D eigenvalue weighted by atomic mass is 79.9. The third kappa shape index (κ3) is 7.32. The molecule has 33 heavy (non-hydrogen) atoms. The van der Waals surface area contributed by atoms with Gasteiger partial charge in [-0.2, -0.15) is 0 Å². The van der Waals surface area contributed by atoms with Crippen molar-refractivity contribution in [3.8, 4) is 11.5 Å². The first-order valence-electron chi connectivity index (χ1n) is 9.85. The Balaban J connectivity index is 1.50. The maximum Gasteiger partial charge on any atom is 0.276 e. The number of nitro groups is 1. The number of carbonyl (C=O) groups is 2. The molecule has 3 rings (SSSR count). The van der Waals surface area contributed by atoms with Gasteiger partial charge in [0.2, 0.25) is 0 Å². The van der Waals surface area contributed by atoms with Crippen molar-refractivity contribution in [1.29, 1.82) is 0 Å². The van der Waals surface area contributed by atoms with Crippen LogP contribution in [0, 0.1) is 10.1 Å². The third-order valence-corrected chi connectivity index (χ3v) is 4.90. The molecule has 2 N–H and O–H groups in total. The molecule has 0 aliphatic heterocycles. The van der Waals surface area contributed by atoms with Crippen molar-refractivity contribution in [3.05, 3.63) is 98.5 Å². The minimum atomic E-state index is -0.608. The molecule has 10 heteroatoms. The van der Waals surface area contributed by atoms with E-state index in [1.807, 2.05) is 30.3 Å². The number of carbonyl (C=O) groups excluding carboxylic acids is 2. The summed E-state index contributed by atoms with van der Waals surface area (Å²) in [5.74, 6) is -0.510. The molecule has 0 aromatic heterocycles. The van der Waals surface area contributed by atoms with Gasteiger partial charge in [0.25, 0.3) is 17.5 Å². The van der Waals surface area contributed by atoms with Crippen LogP contribution in [0.2, 0.25) is 0 Å². The fourth-order valence-corrected chi connectivity index (χ4v) is 3.13. The normalized spacial score (nSPS) is 10.2. The minimum absolute atomic E-state index is 0.0881. The van der Waals surface area contributed by atoms with Crippen molar-refractivity contribution < 1.29 is 24.0 Å². The Morgan fingerprint density at radius 3 is 2.36 bits per heavy atom. The van der Waals surface area contributed by atoms with Crippen molar-refractivity contribution in [2.75, 3.05) is 13.2 Å². The van der Waals surface area contributed by atoms with Crippen LogP contribution in [0.25, 0.3) is 0 Å². The smallest absolute Gasteiger partial charge is 0.276 e. The molecular weight excluding hydrogens is 494 g/mol. The highest BCUT2D eigenvalue weighted by Crippen LogP contribution is 2.23. The van der Waals surface area contributed by atoms with Gasteiger partial charge in [-0.05, 0) is 35.9 Å². The summed E-state index contributed by atoms with van der Waals surface area (Å²) in [5.41, 5.74) is 5.86. The van der Waals surface area contributed by atoms with Crippen LogP contribution in [-0.2, 0) is 11.2 Å². The molecule has 0 bridgehead atoms. The molecule has 3 aromatic rings. The molecule has 0 spiro atoms. The zero-order valence-electron chi connectivity index (χ0n) is 17.3. The fourth-order valence-electron chi connectivity index (χ4n) is 2.77. The molecule has 0 radical (unpaired) electrons. The molecule has 3 aromatic carbocycles. The standard InChI is InChI=1S/C23H20BrN3O6/c24-17-6-11-21(32-13-12-16-4-2-1-3-5-16)20(14-17)23(29)26-25-22(28)15-33-19-9-7-18(8-10-19)27(30)31/h1-11,14H,12-13,15H2,(H,25,28)(H,26,29). The Hall–Kier alpha value is -3.92. The quantitative estimate of drug-likeness (QED) is 0.331. The van der Waals surface area contributed by atoms with E-state index in [1.165, 1.54) is 24.3 Å². The van der Waals surface area contributed by atoms with E-state index >= 15 is 0 Å². The van der Waals surface area contributed by atoms with Gasteiger partial charge in [0.05, 0.1) is 17.1 Å². The summed E-state index contributed by atoms with van der Waals surface area (Å²) in [7, 11) is 0. The molecule has 0 heterocycles. The van der Waals surface area contributed by atoms with Gasteiger partial charge in [0, 0.05) is 23.0 Å². The van der Waals surface area contributed by atoms with E-state index in [4.69, 9.17) is 9.47 Å². The predicted octanol–water partition coefficient (Wildman–Crippen LogP) is 3.82. The number of nitrogens with one attached hydrogen (secondary N) is 2. The number of nitro benzene ring substituents is 1. The fraction of sp³-hybridized carbons (Fsp3) is 0.130. The van der Waals surface area contributed by atoms with Crippen LogP contribution in [0.3, 0.4) is 0 Å². The Bertz CT molecular complexity index is 1120. The number of hydrazine groups is 1. The van der Waals surface area contributed by atoms with Crippen molar-refractivity contribution in [3.63, 3.8) is 0 Å². The number of nitrogens with zero attached hydrogens (tertiary/aromatic N) is 1. The first-order valence-corrected chi connectivity index (χ1v) is 10.6. The second-order valence-corrected chi connectivity index (χ2v) is 7.68. The highest BCUT2D eigenvalue weighted by molar-refractivity contribution is 9.10. The zero-order chi connectivity index (χ0) is 23.6. The number of rotatable bonds is 9. The molecule has 2 amide bonds. The van der Waals surface area contributed by atoms with Crippen molar-refractivity contribution in [2.24, 2.45) is 0 Å². The van der Waals surface area contributed by atoms with Crippen molar-refractivity contribution in [1.82, 2.24) is 10.9 Å². The summed E-state index contributed by atoms with van der Waals surface area (Å²) in [5, 5.41) is 10.7. The molecule has 0 saturated carbocycles. The lowest BCUT2D eigenvalue weighted by Crippen LogP contribution is -2.44. The van der Waals surface area contributed by atoms with E-state index in [-0.39, 0.29) is 17.0 Å². The van der Waals surface area contributed by atoms with Crippen molar-refractivity contribution >= 4 is 33.4 Å². The van der Waals surface area contributed by atoms with Gasteiger partial charge in [-0.25, -0.2) is 0 Å². The topological polar surface area (TPSA) is 120 Å². The SMILES string of the molecule is O=C(COc1ccc([N+](=O)[O-])cc1)NNC(=O)c1cc(Br)ccc1OCCc1ccccc1. The minimum Gasteiger partial charge on any atom is -0.492 e. The van der Waals surface area contributed by atoms with Crippen molar-refractivity contribution in [2.45, 2.75) is 6.42 Å². The Kier molecular flexibility index (Phi) is 8.36. The lowest BCUT2D eigenvalue weighted by molar-refractivity contribution is -0.384. The second kappa shape index (κ2) is 11.6. The second-order valence-electron chi connectivity index (χ2n) is 6.77. The van der Waals surface area contributed by atoms with Crippen LogP contribution in [0.4, 0.5) is 5.69 Å². The molecule has 0 saturated heterocycles. The molecule has 170 valence electrons. The third-order valence-electron chi connectivity index (χ3n) is 4.41. The number of hydrogen-bond acceptors (Lipinski definition) is 6. The molecule has 9 nitrogen and oxygen atoms in total. The average Bonchev–Trinajstić information content (AvgIpc) is 2.83. The lowest BCUT2D eigenvalue weighted by atomic mass is 10.1. The lowest BCUT2D eigenvalue weighted by Gasteiger charge is -2.13. The number of amides is 2. The summed E-state index contributed by atoms with van der Waals surface area (Å²) in [4.78, 5) is 34.7. The Labute approximate surface area is 198 Å². The number of benzene rings is 3. The van der Waals surface area contributed by atoms with E-state index in [9.17, 15) is 19.7 Å². The van der Waals surface area contributed by atoms with Gasteiger partial charge in [0.1, 0.15) is 11.5 Å². The maximum atomic E-state index is 12.6. The van der Waals surface area contributed by atoms with Crippen LogP contribution in [0.5, 0.6) is 11.5 Å². The van der Waals surface area contributed by atoms with Crippen LogP contribution in [0.1, 0.15) is 15.9 Å². The van der Waals surface area contributed by atoms with E-state index in [1.54, 1.807) is 18.2 Å². The number of hydrogen-bond donors (Lipinski definition) is 2. The van der Waals surface area contributed by atoms with Crippen LogP contribution < -0.4 is 20.3 Å². The summed E-state index contributed by atoms with van der Waals surface area (Å²) in [6, 6.07) is 20.1. The van der Waals surface area contributed by atoms with Gasteiger partial charge < -0.3 is 9.47 Å².